The number of aromatic carboxylic acids is 1. The lowest BCUT2D eigenvalue weighted by molar-refractivity contribution is 0.0660. The largest absolute Gasteiger partial charge is 0.475 e. The number of furan rings is 1. The number of aromatic nitrogens is 1. The SMILES string of the molecule is O=C(NCCc1cscn1)NCc1ccc(C(=O)O)o1. The van der Waals surface area contributed by atoms with E-state index in [1.54, 1.807) is 5.51 Å². The van der Waals surface area contributed by atoms with E-state index < -0.39 is 5.97 Å². The summed E-state index contributed by atoms with van der Waals surface area (Å²) in [6, 6.07) is 2.52. The molecule has 0 aliphatic heterocycles. The number of hydrogen-bond donors (Lipinski definition) is 3. The summed E-state index contributed by atoms with van der Waals surface area (Å²) < 4.78 is 5.01. The Morgan fingerprint density at radius 1 is 1.35 bits per heavy atom. The summed E-state index contributed by atoms with van der Waals surface area (Å²) in [6.45, 7) is 0.615. The van der Waals surface area contributed by atoms with Gasteiger partial charge in [-0.05, 0) is 12.1 Å². The molecule has 20 heavy (non-hydrogen) atoms. The lowest BCUT2D eigenvalue weighted by atomic mass is 10.3. The zero-order chi connectivity index (χ0) is 14.4. The van der Waals surface area contributed by atoms with E-state index in [1.807, 2.05) is 5.38 Å². The van der Waals surface area contributed by atoms with Crippen LogP contribution in [0.25, 0.3) is 0 Å². The average Bonchev–Trinajstić information content (AvgIpc) is 3.07. The first-order chi connectivity index (χ1) is 9.65. The molecule has 0 atom stereocenters. The quantitative estimate of drug-likeness (QED) is 0.748. The molecular weight excluding hydrogens is 282 g/mol. The Balaban J connectivity index is 1.67. The molecule has 0 saturated carbocycles. The van der Waals surface area contributed by atoms with E-state index in [1.165, 1.54) is 23.5 Å². The maximum absolute atomic E-state index is 11.5. The van der Waals surface area contributed by atoms with Gasteiger partial charge in [-0.2, -0.15) is 0 Å². The molecule has 0 bridgehead atoms. The molecular formula is C12H13N3O4S. The van der Waals surface area contributed by atoms with Crippen molar-refractivity contribution < 1.29 is 19.1 Å². The minimum atomic E-state index is -1.14. The van der Waals surface area contributed by atoms with E-state index in [2.05, 4.69) is 15.6 Å². The minimum Gasteiger partial charge on any atom is -0.475 e. The highest BCUT2D eigenvalue weighted by Gasteiger charge is 2.09. The van der Waals surface area contributed by atoms with Crippen LogP contribution in [-0.2, 0) is 13.0 Å². The van der Waals surface area contributed by atoms with Crippen molar-refractivity contribution in [3.63, 3.8) is 0 Å². The highest BCUT2D eigenvalue weighted by Crippen LogP contribution is 2.07. The number of rotatable bonds is 6. The maximum atomic E-state index is 11.5. The number of urea groups is 1. The van der Waals surface area contributed by atoms with E-state index in [0.717, 1.165) is 5.69 Å². The second-order valence-corrected chi connectivity index (χ2v) is 4.63. The number of nitrogens with zero attached hydrogens (tertiary/aromatic N) is 1. The van der Waals surface area contributed by atoms with Crippen molar-refractivity contribution in [3.05, 3.63) is 40.2 Å². The number of hydrogen-bond acceptors (Lipinski definition) is 5. The van der Waals surface area contributed by atoms with Gasteiger partial charge in [-0.25, -0.2) is 14.6 Å². The first kappa shape index (κ1) is 14.1. The first-order valence-electron chi connectivity index (χ1n) is 5.86. The van der Waals surface area contributed by atoms with Crippen molar-refractivity contribution >= 4 is 23.3 Å². The first-order valence-corrected chi connectivity index (χ1v) is 6.80. The molecule has 0 spiro atoms. The molecule has 0 fully saturated rings. The van der Waals surface area contributed by atoms with Crippen LogP contribution in [0.2, 0.25) is 0 Å². The fourth-order valence-corrected chi connectivity index (χ4v) is 2.08. The summed E-state index contributed by atoms with van der Waals surface area (Å²) >= 11 is 1.51. The summed E-state index contributed by atoms with van der Waals surface area (Å²) in [5, 5.41) is 15.9. The number of carbonyl (C=O) groups excluding carboxylic acids is 1. The average molecular weight is 295 g/mol. The minimum absolute atomic E-state index is 0.135. The topological polar surface area (TPSA) is 104 Å². The fraction of sp³-hybridized carbons (Fsp3) is 0.250. The predicted octanol–water partition coefficient (Wildman–Crippen LogP) is 1.48. The van der Waals surface area contributed by atoms with Crippen molar-refractivity contribution in [1.82, 2.24) is 15.6 Å². The third-order valence-corrected chi connectivity index (χ3v) is 3.08. The molecule has 0 unspecified atom stereocenters. The Morgan fingerprint density at radius 3 is 2.85 bits per heavy atom. The van der Waals surface area contributed by atoms with Crippen LogP contribution in [0.4, 0.5) is 4.79 Å². The number of nitrogens with one attached hydrogen (secondary N) is 2. The fourth-order valence-electron chi connectivity index (χ4n) is 1.48. The van der Waals surface area contributed by atoms with Gasteiger partial charge in [-0.1, -0.05) is 0 Å². The van der Waals surface area contributed by atoms with Gasteiger partial charge in [0.1, 0.15) is 5.76 Å². The monoisotopic (exact) mass is 295 g/mol. The highest BCUT2D eigenvalue weighted by molar-refractivity contribution is 7.07. The smallest absolute Gasteiger partial charge is 0.371 e. The van der Waals surface area contributed by atoms with Crippen LogP contribution in [0.3, 0.4) is 0 Å². The lowest BCUT2D eigenvalue weighted by Gasteiger charge is -2.05. The van der Waals surface area contributed by atoms with E-state index in [0.29, 0.717) is 18.7 Å². The van der Waals surface area contributed by atoms with Crippen molar-refractivity contribution in [3.8, 4) is 0 Å². The molecule has 2 amide bonds. The van der Waals surface area contributed by atoms with Gasteiger partial charge >= 0.3 is 12.0 Å². The summed E-state index contributed by atoms with van der Waals surface area (Å²) in [6.07, 6.45) is 0.667. The van der Waals surface area contributed by atoms with Gasteiger partial charge in [-0.15, -0.1) is 11.3 Å². The molecule has 2 aromatic heterocycles. The predicted molar refractivity (Wildman–Crippen MR) is 71.7 cm³/mol. The number of carboxylic acids is 1. The van der Waals surface area contributed by atoms with Crippen LogP contribution < -0.4 is 10.6 Å². The molecule has 0 aliphatic carbocycles. The lowest BCUT2D eigenvalue weighted by Crippen LogP contribution is -2.36. The zero-order valence-electron chi connectivity index (χ0n) is 10.5. The molecule has 106 valence electrons. The number of carbonyl (C=O) groups is 2. The van der Waals surface area contributed by atoms with Gasteiger partial charge in [0.2, 0.25) is 5.76 Å². The molecule has 0 aromatic carbocycles. The van der Waals surface area contributed by atoms with E-state index in [-0.39, 0.29) is 18.3 Å². The van der Waals surface area contributed by atoms with E-state index >= 15 is 0 Å². The number of thiazole rings is 1. The zero-order valence-corrected chi connectivity index (χ0v) is 11.3. The Morgan fingerprint density at radius 2 is 2.20 bits per heavy atom. The van der Waals surface area contributed by atoms with Crippen LogP contribution in [0.5, 0.6) is 0 Å². The van der Waals surface area contributed by atoms with Crippen LogP contribution in [0, 0.1) is 0 Å². The van der Waals surface area contributed by atoms with Gasteiger partial charge in [0.25, 0.3) is 0 Å². The Bertz CT molecular complexity index is 579. The summed E-state index contributed by atoms with van der Waals surface area (Å²) in [5.41, 5.74) is 2.68. The second-order valence-electron chi connectivity index (χ2n) is 3.91. The second kappa shape index (κ2) is 6.71. The van der Waals surface area contributed by atoms with Gasteiger partial charge < -0.3 is 20.2 Å². The van der Waals surface area contributed by atoms with Crippen LogP contribution in [-0.4, -0.2) is 28.6 Å². The van der Waals surface area contributed by atoms with Gasteiger partial charge in [-0.3, -0.25) is 0 Å². The third kappa shape index (κ3) is 4.09. The number of amides is 2. The van der Waals surface area contributed by atoms with E-state index in [9.17, 15) is 9.59 Å². The van der Waals surface area contributed by atoms with Crippen molar-refractivity contribution in [2.75, 3.05) is 6.54 Å². The Labute approximate surface area is 118 Å². The molecule has 2 rings (SSSR count). The normalized spacial score (nSPS) is 10.2. The molecule has 2 heterocycles. The highest BCUT2D eigenvalue weighted by atomic mass is 32.1. The van der Waals surface area contributed by atoms with Crippen LogP contribution in [0.1, 0.15) is 22.0 Å². The van der Waals surface area contributed by atoms with Crippen molar-refractivity contribution in [1.29, 1.82) is 0 Å². The van der Waals surface area contributed by atoms with Crippen molar-refractivity contribution in [2.45, 2.75) is 13.0 Å². The Kier molecular flexibility index (Phi) is 4.72. The molecule has 2 aromatic rings. The molecule has 0 aliphatic rings. The summed E-state index contributed by atoms with van der Waals surface area (Å²) in [4.78, 5) is 26.2. The molecule has 3 N–H and O–H groups in total. The molecule has 0 saturated heterocycles. The van der Waals surface area contributed by atoms with Gasteiger partial charge in [0, 0.05) is 18.3 Å². The van der Waals surface area contributed by atoms with Gasteiger partial charge in [0.15, 0.2) is 0 Å². The number of carboxylic acid groups (broad SMARTS) is 1. The van der Waals surface area contributed by atoms with E-state index in [4.69, 9.17) is 9.52 Å². The molecule has 8 heteroatoms. The third-order valence-electron chi connectivity index (χ3n) is 2.45. The van der Waals surface area contributed by atoms with Crippen LogP contribution >= 0.6 is 11.3 Å². The maximum Gasteiger partial charge on any atom is 0.371 e. The molecule has 0 radical (unpaired) electrons. The Hall–Kier alpha value is -2.35. The van der Waals surface area contributed by atoms with Crippen molar-refractivity contribution in [2.24, 2.45) is 0 Å². The van der Waals surface area contributed by atoms with Crippen LogP contribution in [0.15, 0.2) is 27.4 Å². The van der Waals surface area contributed by atoms with Gasteiger partial charge in [0.05, 0.1) is 17.7 Å². The summed E-state index contributed by atoms with van der Waals surface area (Å²) in [5.74, 6) is -0.897. The standard InChI is InChI=1S/C12H13N3O4S/c16-11(17)10-2-1-9(19-10)5-14-12(18)13-4-3-8-6-20-7-15-8/h1-2,6-7H,3-5H2,(H,16,17)(H2,13,14,18). The summed E-state index contributed by atoms with van der Waals surface area (Å²) in [7, 11) is 0. The molecule has 7 nitrogen and oxygen atoms in total.